The van der Waals surface area contributed by atoms with Crippen LogP contribution in [0.15, 0.2) is 91.0 Å². The van der Waals surface area contributed by atoms with Crippen molar-refractivity contribution in [3.8, 4) is 28.7 Å². The number of fused-ring (bicyclic) bond motifs is 4. The Balaban J connectivity index is 0.837. The van der Waals surface area contributed by atoms with Crippen LogP contribution in [0.25, 0.3) is 0 Å². The lowest BCUT2D eigenvalue weighted by Gasteiger charge is -2.38. The summed E-state index contributed by atoms with van der Waals surface area (Å²) in [5, 5.41) is 76.1. The Morgan fingerprint density at radius 2 is 1.15 bits per heavy atom. The number of methoxy groups -OCH3 is 3. The van der Waals surface area contributed by atoms with Crippen molar-refractivity contribution in [1.29, 1.82) is 0 Å². The molecule has 33 heteroatoms. The molecule has 0 aliphatic carbocycles. The molecule has 5 heterocycles. The van der Waals surface area contributed by atoms with Crippen molar-refractivity contribution in [3.63, 3.8) is 0 Å². The molecule has 10 N–H and O–H groups in total. The van der Waals surface area contributed by atoms with Crippen LogP contribution in [0, 0.1) is 5.92 Å². The summed E-state index contributed by atoms with van der Waals surface area (Å²) in [6, 6.07) is 12.1. The number of amides is 8. The van der Waals surface area contributed by atoms with Crippen molar-refractivity contribution in [2.75, 3.05) is 82.6 Å². The van der Waals surface area contributed by atoms with Crippen LogP contribution in [-0.4, -0.2) is 234 Å². The molecule has 5 aliphatic heterocycles. The van der Waals surface area contributed by atoms with E-state index in [2.05, 4.69) is 34.4 Å². The molecule has 33 nitrogen and oxygen atoms in total. The first-order valence-corrected chi connectivity index (χ1v) is 34.9. The number of aliphatic hydroxyl groups excluding tert-OH is 5. The number of carbonyl (C=O) groups is 9. The monoisotopic (exact) mass is 1490 g/mol. The van der Waals surface area contributed by atoms with Gasteiger partial charge in [0.25, 0.3) is 17.7 Å². The predicted octanol–water partition coefficient (Wildman–Crippen LogP) is 4.26. The van der Waals surface area contributed by atoms with E-state index in [1.165, 1.54) is 80.5 Å². The zero-order valence-electron chi connectivity index (χ0n) is 61.0. The maximum atomic E-state index is 14.6. The van der Waals surface area contributed by atoms with E-state index in [-0.39, 0.29) is 127 Å². The van der Waals surface area contributed by atoms with Crippen LogP contribution in [0.3, 0.4) is 0 Å². The summed E-state index contributed by atoms with van der Waals surface area (Å²) in [4.78, 5) is 127. The van der Waals surface area contributed by atoms with Gasteiger partial charge in [0.1, 0.15) is 49.4 Å². The molecule has 0 bridgehead atoms. The summed E-state index contributed by atoms with van der Waals surface area (Å²) in [5.41, 5.74) is 1.17. The Hall–Kier alpha value is -10.1. The van der Waals surface area contributed by atoms with Gasteiger partial charge in [-0.25, -0.2) is 24.2 Å². The van der Waals surface area contributed by atoms with Crippen molar-refractivity contribution >= 4 is 70.7 Å². The number of hydrogen-bond acceptors (Lipinski definition) is 24. The molecule has 8 amide bonds. The number of carboxylic acids is 1. The molecule has 0 aromatic heterocycles. The minimum atomic E-state index is -2.01. The number of nitrogens with zero attached hydrogens (tertiary/aromatic N) is 4. The highest BCUT2D eigenvalue weighted by molar-refractivity contribution is 6.08. The van der Waals surface area contributed by atoms with Crippen LogP contribution in [0.4, 0.5) is 26.7 Å². The lowest BCUT2D eigenvalue weighted by Crippen LogP contribution is -2.61. The minimum absolute atomic E-state index is 0.0147. The van der Waals surface area contributed by atoms with Crippen molar-refractivity contribution < 1.29 is 121 Å². The number of anilines is 3. The van der Waals surface area contributed by atoms with Gasteiger partial charge in [0, 0.05) is 50.0 Å². The largest absolute Gasteiger partial charge is 0.493 e. The van der Waals surface area contributed by atoms with E-state index in [4.69, 9.17) is 47.4 Å². The lowest BCUT2D eigenvalue weighted by atomic mass is 9.99. The van der Waals surface area contributed by atoms with Crippen LogP contribution in [0.1, 0.15) is 122 Å². The zero-order valence-corrected chi connectivity index (χ0v) is 61.0. The number of rotatable bonds is 30. The number of aliphatic hydroxyl groups is 5. The molecule has 5 aliphatic rings. The fourth-order valence-corrected chi connectivity index (χ4v) is 12.7. The first kappa shape index (κ1) is 81.0. The maximum Gasteiger partial charge on any atom is 0.416 e. The third-order valence-electron chi connectivity index (χ3n) is 18.3. The average Bonchev–Trinajstić information content (AvgIpc) is 1.70. The third-order valence-corrected chi connectivity index (χ3v) is 18.3. The number of unbranched alkanes of at least 4 members (excludes halogenated alkanes) is 2. The highest BCUT2D eigenvalue weighted by Gasteiger charge is 2.51. The molecule has 4 aromatic rings. The van der Waals surface area contributed by atoms with E-state index < -0.39 is 133 Å². The Bertz CT molecular complexity index is 3980. The molecule has 11 atom stereocenters. The molecule has 3 saturated heterocycles. The summed E-state index contributed by atoms with van der Waals surface area (Å²) in [5.74, 6) is -4.98. The number of ether oxygens (including phenoxy) is 10. The van der Waals surface area contributed by atoms with E-state index in [0.29, 0.717) is 54.9 Å². The van der Waals surface area contributed by atoms with Crippen LogP contribution in [0.5, 0.6) is 28.7 Å². The fraction of sp³-hybridized carbons (Fsp3) is 0.500. The van der Waals surface area contributed by atoms with Gasteiger partial charge in [0.2, 0.25) is 24.0 Å². The van der Waals surface area contributed by atoms with Gasteiger partial charge in [0.05, 0.1) is 87.4 Å². The number of benzene rings is 4. The van der Waals surface area contributed by atoms with E-state index in [1.807, 2.05) is 0 Å². The Kier molecular flexibility index (Phi) is 26.9. The first-order chi connectivity index (χ1) is 50.8. The molecule has 3 fully saturated rings. The average molecular weight is 1500 g/mol. The van der Waals surface area contributed by atoms with E-state index in [0.717, 1.165) is 9.80 Å². The van der Waals surface area contributed by atoms with Crippen molar-refractivity contribution in [1.82, 2.24) is 25.8 Å². The van der Waals surface area contributed by atoms with Gasteiger partial charge < -0.3 is 109 Å². The molecule has 4 aromatic carbocycles. The molecule has 580 valence electrons. The number of aliphatic carboxylic acids is 1. The topological polar surface area (TPSA) is 428 Å². The summed E-state index contributed by atoms with van der Waals surface area (Å²) in [6.45, 7) is 18.5. The zero-order chi connectivity index (χ0) is 77.9. The number of carbonyl (C=O) groups excluding carboxylic acids is 8. The van der Waals surface area contributed by atoms with Crippen molar-refractivity contribution in [3.05, 3.63) is 119 Å². The Labute approximate surface area is 617 Å². The van der Waals surface area contributed by atoms with Gasteiger partial charge in [-0.15, -0.1) is 0 Å². The van der Waals surface area contributed by atoms with Gasteiger partial charge in [0.15, 0.2) is 41.6 Å². The standard InChI is InChI=1S/C74H94N8O25/c1-38(2)58(77-57(83)21-24-101-26-25-98-9)65(89)75-41(5)63(87)76-44-18-15-42(16-19-44)36-104-72(96)81-48-32-55(53(99-10)30-45(48)66(90)79-34-39(3)27-50(79)68(81)92)102-22-13-12-14-23-103-56-33-49-46(31-54(56)100-11)67(91)80-35-40(4)28-51(80)69(93)82(49)73(97)105-37-43-17-20-52(47(29-43)64(88)78-74(6,7)8)106-71-61(86)59(84)60(85)62(107-71)70(94)95/h15-20,29-33,38,41,50-51,58-62,68-69,71,84-86,92-93H,3-4,12-14,21-28,34-37H2,1-2,5-11H3,(H,75,89)(H,76,87)(H,77,83)(H,78,88)(H,94,95)/t41-,50-,51-,58?,59-,60-,61+,62-,68?,69?,71+/m0/s1. The molecule has 3 unspecified atom stereocenters. The third kappa shape index (κ3) is 19.4. The molecule has 107 heavy (non-hydrogen) atoms. The van der Waals surface area contributed by atoms with Gasteiger partial charge >= 0.3 is 18.2 Å². The van der Waals surface area contributed by atoms with Crippen molar-refractivity contribution in [2.24, 2.45) is 5.92 Å². The van der Waals surface area contributed by atoms with Gasteiger partial charge in [-0.2, -0.15) is 0 Å². The Morgan fingerprint density at radius 1 is 0.617 bits per heavy atom. The molecule has 9 rings (SSSR count). The smallest absolute Gasteiger partial charge is 0.416 e. The van der Waals surface area contributed by atoms with Crippen LogP contribution in [0.2, 0.25) is 0 Å². The summed E-state index contributed by atoms with van der Waals surface area (Å²) >= 11 is 0. The number of hydrogen-bond donors (Lipinski definition) is 10. The summed E-state index contributed by atoms with van der Waals surface area (Å²) < 4.78 is 57.0. The molecule has 0 saturated carbocycles. The number of carboxylic acid groups (broad SMARTS) is 1. The van der Waals surface area contributed by atoms with E-state index in [1.54, 1.807) is 58.9 Å². The predicted molar refractivity (Wildman–Crippen MR) is 381 cm³/mol. The second-order valence-electron chi connectivity index (χ2n) is 27.8. The lowest BCUT2D eigenvalue weighted by molar-refractivity contribution is -0.271. The van der Waals surface area contributed by atoms with E-state index in [9.17, 15) is 73.8 Å². The van der Waals surface area contributed by atoms with Crippen LogP contribution >= 0.6 is 0 Å². The normalized spacial score (nSPS) is 21.7. The van der Waals surface area contributed by atoms with E-state index >= 15 is 0 Å². The van der Waals surface area contributed by atoms with Crippen LogP contribution < -0.4 is 54.8 Å². The van der Waals surface area contributed by atoms with Crippen molar-refractivity contribution in [2.45, 2.75) is 166 Å². The summed E-state index contributed by atoms with van der Waals surface area (Å²) in [7, 11) is 4.28. The minimum Gasteiger partial charge on any atom is -0.493 e. The van der Waals surface area contributed by atoms with Crippen LogP contribution in [-0.2, 0) is 56.1 Å². The second-order valence-corrected chi connectivity index (χ2v) is 27.8. The summed E-state index contributed by atoms with van der Waals surface area (Å²) in [6.07, 6.45) is -13.6. The number of nitrogens with one attached hydrogen (secondary N) is 4. The first-order valence-electron chi connectivity index (χ1n) is 34.9. The SMILES string of the molecule is C=C1C[C@H]2C(O)N(C(=O)OCc3ccc(NC(=O)[C@H](C)NC(=O)C(NC(=O)CCOCCOC)C(C)C)cc3)c3cc(OCCCCCOc4cc5c(cc4OC)C(=O)N4CC(=C)C[C@H]4C(O)N5C(=O)OCc4ccc(O[C@@H]5O[C@H](C(=O)O)[C@@H](O)[C@H](O)[C@H]5O)c(C(=O)NC(C)(C)C)c4)c(OC)cc3C(=O)N2C1. The molecular formula is C74H94N8O25. The molecule has 0 radical (unpaired) electrons. The Morgan fingerprint density at radius 3 is 1.65 bits per heavy atom. The van der Waals surface area contributed by atoms with Gasteiger partial charge in [-0.3, -0.25) is 28.8 Å². The highest BCUT2D eigenvalue weighted by Crippen LogP contribution is 2.45. The molecular weight excluding hydrogens is 1400 g/mol. The van der Waals surface area contributed by atoms with Gasteiger partial charge in [-0.05, 0) is 113 Å². The highest BCUT2D eigenvalue weighted by atomic mass is 16.7. The van der Waals surface area contributed by atoms with Gasteiger partial charge in [-0.1, -0.05) is 56.4 Å². The second kappa shape index (κ2) is 35.5. The fourth-order valence-electron chi connectivity index (χ4n) is 12.7. The quantitative estimate of drug-likeness (QED) is 0.0257. The molecule has 0 spiro atoms. The maximum absolute atomic E-state index is 14.6.